The van der Waals surface area contributed by atoms with E-state index in [9.17, 15) is 4.79 Å². The van der Waals surface area contributed by atoms with Gasteiger partial charge in [-0.2, -0.15) is 0 Å². The number of hydrogen-bond acceptors (Lipinski definition) is 1. The van der Waals surface area contributed by atoms with Gasteiger partial charge < -0.3 is 9.80 Å². The van der Waals surface area contributed by atoms with Crippen LogP contribution in [0.15, 0.2) is 30.3 Å². The van der Waals surface area contributed by atoms with Crippen molar-refractivity contribution < 1.29 is 9.28 Å². The van der Waals surface area contributed by atoms with Crippen LogP contribution in [0.1, 0.15) is 25.7 Å². The molecule has 0 unspecified atom stereocenters. The Morgan fingerprint density at radius 2 is 1.83 bits per heavy atom. The number of rotatable bonds is 4. The number of para-hydroxylation sites is 1. The first-order valence-corrected chi connectivity index (χ1v) is 6.75. The molecule has 2 rings (SSSR count). The maximum absolute atomic E-state index is 12.1. The summed E-state index contributed by atoms with van der Waals surface area (Å²) in [7, 11) is 4.33. The molecule has 0 bridgehead atoms. The van der Waals surface area contributed by atoms with Gasteiger partial charge in [-0.15, -0.1) is 0 Å². The molecular weight excluding hydrogens is 224 g/mol. The van der Waals surface area contributed by atoms with Crippen molar-refractivity contribution in [3.05, 3.63) is 30.3 Å². The zero-order valence-corrected chi connectivity index (χ0v) is 11.4. The number of carbonyl (C=O) groups excluding carboxylic acids is 1. The first-order chi connectivity index (χ1) is 8.58. The summed E-state index contributed by atoms with van der Waals surface area (Å²) in [5.74, 6) is 0.109. The minimum absolute atomic E-state index is 0.109. The summed E-state index contributed by atoms with van der Waals surface area (Å²) in [5.41, 5.74) is 0.883. The predicted octanol–water partition coefficient (Wildman–Crippen LogP) is 2.64. The monoisotopic (exact) mass is 247 g/mol. The van der Waals surface area contributed by atoms with E-state index in [-0.39, 0.29) is 5.91 Å². The highest BCUT2D eigenvalue weighted by atomic mass is 16.2. The summed E-state index contributed by atoms with van der Waals surface area (Å²) in [6.07, 6.45) is 5.14. The van der Waals surface area contributed by atoms with E-state index in [1.165, 1.54) is 25.7 Å². The largest absolute Gasteiger partial charge is 0.321 e. The van der Waals surface area contributed by atoms with Crippen LogP contribution in [0.4, 0.5) is 5.69 Å². The number of carbonyl (C=O) groups is 1. The number of amides is 1. The van der Waals surface area contributed by atoms with Crippen molar-refractivity contribution in [1.82, 2.24) is 0 Å². The Balaban J connectivity index is 1.90. The molecule has 0 radical (unpaired) electrons. The smallest absolute Gasteiger partial charge is 0.279 e. The van der Waals surface area contributed by atoms with Crippen molar-refractivity contribution in [2.75, 3.05) is 26.0 Å². The summed E-state index contributed by atoms with van der Waals surface area (Å²) < 4.78 is 0.804. The van der Waals surface area contributed by atoms with Gasteiger partial charge >= 0.3 is 0 Å². The summed E-state index contributed by atoms with van der Waals surface area (Å²) in [4.78, 5) is 12.1. The van der Waals surface area contributed by atoms with Gasteiger partial charge in [-0.1, -0.05) is 18.2 Å². The van der Waals surface area contributed by atoms with Crippen LogP contribution in [0.3, 0.4) is 0 Å². The van der Waals surface area contributed by atoms with Gasteiger partial charge in [0.1, 0.15) is 0 Å². The van der Waals surface area contributed by atoms with Crippen molar-refractivity contribution in [2.24, 2.45) is 0 Å². The normalized spacial score (nSPS) is 16.8. The van der Waals surface area contributed by atoms with Gasteiger partial charge in [0, 0.05) is 5.69 Å². The third-order valence-corrected chi connectivity index (χ3v) is 3.92. The Morgan fingerprint density at radius 1 is 1.22 bits per heavy atom. The number of hydrogen-bond donors (Lipinski definition) is 1. The molecular formula is C15H23N2O+. The Hall–Kier alpha value is -1.35. The second kappa shape index (κ2) is 5.53. The van der Waals surface area contributed by atoms with Crippen LogP contribution in [0, 0.1) is 0 Å². The van der Waals surface area contributed by atoms with E-state index in [0.717, 1.165) is 10.2 Å². The van der Waals surface area contributed by atoms with E-state index in [1.54, 1.807) is 0 Å². The van der Waals surface area contributed by atoms with Gasteiger partial charge in [-0.25, -0.2) is 0 Å². The van der Waals surface area contributed by atoms with E-state index in [0.29, 0.717) is 12.6 Å². The minimum Gasteiger partial charge on any atom is -0.321 e. The maximum Gasteiger partial charge on any atom is 0.279 e. The molecule has 0 aromatic heterocycles. The molecule has 1 amide bonds. The standard InChI is InChI=1S/C15H22N2O/c1-17(2,14-10-6-7-11-14)12-15(18)16-13-8-4-3-5-9-13/h3-5,8-9,14H,6-7,10-12H2,1-2H3/p+1. The zero-order chi connectivity index (χ0) is 13.0. The van der Waals surface area contributed by atoms with E-state index in [2.05, 4.69) is 19.4 Å². The van der Waals surface area contributed by atoms with Crippen LogP contribution in [0.25, 0.3) is 0 Å². The molecule has 18 heavy (non-hydrogen) atoms. The van der Waals surface area contributed by atoms with Gasteiger partial charge in [-0.3, -0.25) is 4.79 Å². The van der Waals surface area contributed by atoms with E-state index < -0.39 is 0 Å². The van der Waals surface area contributed by atoms with Gasteiger partial charge in [0.15, 0.2) is 6.54 Å². The van der Waals surface area contributed by atoms with E-state index >= 15 is 0 Å². The lowest BCUT2D eigenvalue weighted by Gasteiger charge is -2.35. The first kappa shape index (κ1) is 13.1. The quantitative estimate of drug-likeness (QED) is 0.814. The van der Waals surface area contributed by atoms with Gasteiger partial charge in [0.2, 0.25) is 0 Å². The number of likely N-dealkylation sites (N-methyl/N-ethyl adjacent to an activating group) is 1. The van der Waals surface area contributed by atoms with Crippen LogP contribution >= 0.6 is 0 Å². The topological polar surface area (TPSA) is 29.1 Å². The Kier molecular flexibility index (Phi) is 4.02. The fourth-order valence-corrected chi connectivity index (χ4v) is 2.82. The minimum atomic E-state index is 0.109. The Labute approximate surface area is 109 Å². The lowest BCUT2D eigenvalue weighted by molar-refractivity contribution is -0.906. The van der Waals surface area contributed by atoms with Crippen LogP contribution < -0.4 is 5.32 Å². The molecule has 1 aromatic carbocycles. The molecule has 0 spiro atoms. The second-order valence-electron chi connectivity index (χ2n) is 5.79. The van der Waals surface area contributed by atoms with E-state index in [1.807, 2.05) is 30.3 Å². The second-order valence-corrected chi connectivity index (χ2v) is 5.79. The lowest BCUT2D eigenvalue weighted by Crippen LogP contribution is -2.51. The van der Waals surface area contributed by atoms with E-state index in [4.69, 9.17) is 0 Å². The number of anilines is 1. The van der Waals surface area contributed by atoms with Crippen molar-refractivity contribution in [1.29, 1.82) is 0 Å². The average Bonchev–Trinajstić information content (AvgIpc) is 2.83. The summed E-state index contributed by atoms with van der Waals surface area (Å²) >= 11 is 0. The van der Waals surface area contributed by atoms with Crippen molar-refractivity contribution >= 4 is 11.6 Å². The highest BCUT2D eigenvalue weighted by Gasteiger charge is 2.32. The molecule has 1 fully saturated rings. The van der Waals surface area contributed by atoms with Crippen molar-refractivity contribution in [3.63, 3.8) is 0 Å². The van der Waals surface area contributed by atoms with Crippen LogP contribution in [-0.4, -0.2) is 37.1 Å². The van der Waals surface area contributed by atoms with Crippen LogP contribution in [-0.2, 0) is 4.79 Å². The number of nitrogens with one attached hydrogen (secondary N) is 1. The highest BCUT2D eigenvalue weighted by molar-refractivity contribution is 5.91. The zero-order valence-electron chi connectivity index (χ0n) is 11.4. The molecule has 98 valence electrons. The lowest BCUT2D eigenvalue weighted by atomic mass is 10.2. The highest BCUT2D eigenvalue weighted by Crippen LogP contribution is 2.26. The maximum atomic E-state index is 12.1. The Morgan fingerprint density at radius 3 is 2.44 bits per heavy atom. The predicted molar refractivity (Wildman–Crippen MR) is 74.3 cm³/mol. The van der Waals surface area contributed by atoms with Crippen LogP contribution in [0.2, 0.25) is 0 Å². The van der Waals surface area contributed by atoms with Gasteiger partial charge in [0.25, 0.3) is 5.91 Å². The van der Waals surface area contributed by atoms with Crippen molar-refractivity contribution in [3.8, 4) is 0 Å². The molecule has 3 heteroatoms. The molecule has 0 aliphatic heterocycles. The molecule has 0 atom stereocenters. The molecule has 1 aliphatic carbocycles. The SMILES string of the molecule is C[N+](C)(CC(=O)Nc1ccccc1)C1CCCC1. The summed E-state index contributed by atoms with van der Waals surface area (Å²) in [6.45, 7) is 0.555. The summed E-state index contributed by atoms with van der Waals surface area (Å²) in [5, 5.41) is 2.97. The molecule has 0 saturated heterocycles. The number of benzene rings is 1. The van der Waals surface area contributed by atoms with Gasteiger partial charge in [0.05, 0.1) is 20.1 Å². The third kappa shape index (κ3) is 3.33. The molecule has 1 aliphatic rings. The van der Waals surface area contributed by atoms with Crippen LogP contribution in [0.5, 0.6) is 0 Å². The fraction of sp³-hybridized carbons (Fsp3) is 0.533. The first-order valence-electron chi connectivity index (χ1n) is 6.75. The molecule has 1 N–H and O–H groups in total. The molecule has 1 aromatic rings. The average molecular weight is 247 g/mol. The number of quaternary nitrogens is 1. The van der Waals surface area contributed by atoms with Gasteiger partial charge in [-0.05, 0) is 37.8 Å². The Bertz CT molecular complexity index is 394. The fourth-order valence-electron chi connectivity index (χ4n) is 2.82. The molecule has 0 heterocycles. The van der Waals surface area contributed by atoms with Crippen molar-refractivity contribution in [2.45, 2.75) is 31.7 Å². The number of nitrogens with zero attached hydrogens (tertiary/aromatic N) is 1. The molecule has 1 saturated carbocycles. The third-order valence-electron chi connectivity index (χ3n) is 3.92. The molecule has 3 nitrogen and oxygen atoms in total. The summed E-state index contributed by atoms with van der Waals surface area (Å²) in [6, 6.07) is 10.3.